The van der Waals surface area contributed by atoms with Crippen molar-refractivity contribution >= 4 is 11.6 Å². The molecule has 1 aliphatic rings. The molecule has 0 aromatic heterocycles. The molecule has 1 saturated carbocycles. The zero-order valence-electron chi connectivity index (χ0n) is 10.1. The lowest BCUT2D eigenvalue weighted by Gasteiger charge is -2.21. The molecule has 1 N–H and O–H groups in total. The molecule has 2 rings (SSSR count). The number of halogens is 1. The average molecular weight is 268 g/mol. The maximum absolute atomic E-state index is 13.2. The van der Waals surface area contributed by atoms with Crippen LogP contribution in [0.2, 0.25) is 0 Å². The summed E-state index contributed by atoms with van der Waals surface area (Å²) < 4.78 is 13.2. The van der Waals surface area contributed by atoms with Crippen molar-refractivity contribution in [1.29, 1.82) is 0 Å². The first-order valence-corrected chi connectivity index (χ1v) is 5.90. The van der Waals surface area contributed by atoms with Crippen molar-refractivity contribution in [2.24, 2.45) is 0 Å². The number of carbonyl (C=O) groups excluding carboxylic acids is 1. The van der Waals surface area contributed by atoms with Crippen LogP contribution in [0, 0.1) is 15.9 Å². The Morgan fingerprint density at radius 3 is 2.74 bits per heavy atom. The maximum atomic E-state index is 13.2. The summed E-state index contributed by atoms with van der Waals surface area (Å²) in [4.78, 5) is 23.4. The molecule has 1 aromatic rings. The van der Waals surface area contributed by atoms with Crippen LogP contribution in [0.5, 0.6) is 0 Å². The molecule has 0 radical (unpaired) electrons. The zero-order valence-corrected chi connectivity index (χ0v) is 10.1. The summed E-state index contributed by atoms with van der Waals surface area (Å²) in [6, 6.07) is 3.14. The minimum atomic E-state index is -0.971. The van der Waals surface area contributed by atoms with E-state index in [4.69, 9.17) is 5.11 Å². The molecule has 0 spiro atoms. The highest BCUT2D eigenvalue weighted by atomic mass is 19.1. The van der Waals surface area contributed by atoms with E-state index in [2.05, 4.69) is 0 Å². The molecule has 0 heterocycles. The van der Waals surface area contributed by atoms with E-state index in [-0.39, 0.29) is 24.8 Å². The van der Waals surface area contributed by atoms with Crippen LogP contribution in [0.1, 0.15) is 23.2 Å². The molecule has 6 nitrogen and oxygen atoms in total. The Kier molecular flexibility index (Phi) is 3.75. The Balaban J connectivity index is 2.27. The summed E-state index contributed by atoms with van der Waals surface area (Å²) in [5.74, 6) is -1.39. The molecule has 0 bridgehead atoms. The molecule has 102 valence electrons. The standard InChI is InChI=1S/C12H13FN2O4/c13-10-4-1-8(7-11(10)15(18)19)12(17)14(5-6-16)9-2-3-9/h1,4,7,9,16H,2-3,5-6H2. The van der Waals surface area contributed by atoms with Crippen LogP contribution in [0.4, 0.5) is 10.1 Å². The van der Waals surface area contributed by atoms with E-state index < -0.39 is 22.3 Å². The summed E-state index contributed by atoms with van der Waals surface area (Å²) in [6.45, 7) is 0.000200. The number of nitro benzene ring substituents is 1. The molecule has 0 saturated heterocycles. The summed E-state index contributed by atoms with van der Waals surface area (Å²) in [5, 5.41) is 19.6. The topological polar surface area (TPSA) is 83.7 Å². The van der Waals surface area contributed by atoms with Crippen LogP contribution in [-0.4, -0.2) is 40.0 Å². The van der Waals surface area contributed by atoms with Gasteiger partial charge in [0.1, 0.15) is 0 Å². The van der Waals surface area contributed by atoms with Gasteiger partial charge in [0.2, 0.25) is 5.82 Å². The number of aliphatic hydroxyl groups is 1. The maximum Gasteiger partial charge on any atom is 0.305 e. The number of nitrogens with zero attached hydrogens (tertiary/aromatic N) is 2. The third kappa shape index (κ3) is 2.87. The number of rotatable bonds is 5. The molecular formula is C12H13FN2O4. The Hall–Kier alpha value is -2.02. The van der Waals surface area contributed by atoms with Crippen molar-refractivity contribution in [2.45, 2.75) is 18.9 Å². The van der Waals surface area contributed by atoms with Gasteiger partial charge in [-0.15, -0.1) is 0 Å². The van der Waals surface area contributed by atoms with Gasteiger partial charge < -0.3 is 10.0 Å². The van der Waals surface area contributed by atoms with E-state index in [9.17, 15) is 19.3 Å². The molecule has 1 aromatic carbocycles. The molecule has 1 amide bonds. The van der Waals surface area contributed by atoms with Crippen molar-refractivity contribution < 1.29 is 19.2 Å². The van der Waals surface area contributed by atoms with Crippen molar-refractivity contribution in [3.8, 4) is 0 Å². The highest BCUT2D eigenvalue weighted by molar-refractivity contribution is 5.95. The fourth-order valence-corrected chi connectivity index (χ4v) is 1.90. The first-order valence-electron chi connectivity index (χ1n) is 5.90. The van der Waals surface area contributed by atoms with E-state index in [0.717, 1.165) is 25.0 Å². The number of benzene rings is 1. The van der Waals surface area contributed by atoms with Crippen LogP contribution >= 0.6 is 0 Å². The Labute approximate surface area is 108 Å². The largest absolute Gasteiger partial charge is 0.395 e. The predicted octanol–water partition coefficient (Wildman–Crippen LogP) is 1.33. The minimum absolute atomic E-state index is 0.0634. The fraction of sp³-hybridized carbons (Fsp3) is 0.417. The lowest BCUT2D eigenvalue weighted by molar-refractivity contribution is -0.387. The van der Waals surface area contributed by atoms with Crippen LogP contribution in [0.3, 0.4) is 0 Å². The quantitative estimate of drug-likeness (QED) is 0.645. The summed E-state index contributed by atoms with van der Waals surface area (Å²) >= 11 is 0. The third-order valence-electron chi connectivity index (χ3n) is 2.98. The third-order valence-corrected chi connectivity index (χ3v) is 2.98. The van der Waals surface area contributed by atoms with E-state index in [0.29, 0.717) is 0 Å². The van der Waals surface area contributed by atoms with Crippen molar-refractivity contribution in [3.05, 3.63) is 39.7 Å². The highest BCUT2D eigenvalue weighted by Crippen LogP contribution is 2.29. The van der Waals surface area contributed by atoms with Gasteiger partial charge in [0.05, 0.1) is 11.5 Å². The lowest BCUT2D eigenvalue weighted by atomic mass is 10.1. The van der Waals surface area contributed by atoms with Gasteiger partial charge in [-0.3, -0.25) is 14.9 Å². The minimum Gasteiger partial charge on any atom is -0.395 e. The van der Waals surface area contributed by atoms with E-state index in [1.165, 1.54) is 11.0 Å². The molecule has 0 aliphatic heterocycles. The van der Waals surface area contributed by atoms with Gasteiger partial charge in [0, 0.05) is 24.2 Å². The van der Waals surface area contributed by atoms with Gasteiger partial charge in [-0.2, -0.15) is 4.39 Å². The second kappa shape index (κ2) is 5.31. The lowest BCUT2D eigenvalue weighted by Crippen LogP contribution is -2.35. The zero-order chi connectivity index (χ0) is 14.0. The number of carbonyl (C=O) groups is 1. The number of nitro groups is 1. The predicted molar refractivity (Wildman–Crippen MR) is 64.2 cm³/mol. The average Bonchev–Trinajstić information content (AvgIpc) is 3.19. The van der Waals surface area contributed by atoms with E-state index in [1.807, 2.05) is 0 Å². The summed E-state index contributed by atoms with van der Waals surface area (Å²) in [5.41, 5.74) is -0.654. The van der Waals surface area contributed by atoms with Crippen LogP contribution in [0.25, 0.3) is 0 Å². The SMILES string of the molecule is O=C(c1ccc(F)c([N+](=O)[O-])c1)N(CCO)C1CC1. The van der Waals surface area contributed by atoms with Gasteiger partial charge in [-0.05, 0) is 25.0 Å². The monoisotopic (exact) mass is 268 g/mol. The smallest absolute Gasteiger partial charge is 0.305 e. The van der Waals surface area contributed by atoms with E-state index >= 15 is 0 Å². The second-order valence-electron chi connectivity index (χ2n) is 4.38. The van der Waals surface area contributed by atoms with E-state index in [1.54, 1.807) is 0 Å². The van der Waals surface area contributed by atoms with Crippen LogP contribution in [-0.2, 0) is 0 Å². The Morgan fingerprint density at radius 1 is 1.53 bits per heavy atom. The normalized spacial score (nSPS) is 14.2. The molecule has 0 unspecified atom stereocenters. The van der Waals surface area contributed by atoms with Gasteiger partial charge in [-0.25, -0.2) is 0 Å². The van der Waals surface area contributed by atoms with Gasteiger partial charge >= 0.3 is 5.69 Å². The number of hydrogen-bond donors (Lipinski definition) is 1. The summed E-state index contributed by atoms with van der Waals surface area (Å²) in [6.07, 6.45) is 1.71. The molecule has 0 atom stereocenters. The number of amides is 1. The fourth-order valence-electron chi connectivity index (χ4n) is 1.90. The van der Waals surface area contributed by atoms with Crippen molar-refractivity contribution in [3.63, 3.8) is 0 Å². The Morgan fingerprint density at radius 2 is 2.21 bits per heavy atom. The molecule has 1 fully saturated rings. The molecule has 19 heavy (non-hydrogen) atoms. The second-order valence-corrected chi connectivity index (χ2v) is 4.38. The highest BCUT2D eigenvalue weighted by Gasteiger charge is 2.33. The first kappa shape index (κ1) is 13.4. The van der Waals surface area contributed by atoms with Crippen molar-refractivity contribution in [2.75, 3.05) is 13.2 Å². The van der Waals surface area contributed by atoms with Gasteiger partial charge in [0.15, 0.2) is 0 Å². The molecule has 7 heteroatoms. The summed E-state index contributed by atoms with van der Waals surface area (Å²) in [7, 11) is 0. The number of hydrogen-bond acceptors (Lipinski definition) is 4. The van der Waals surface area contributed by atoms with Crippen LogP contribution < -0.4 is 0 Å². The van der Waals surface area contributed by atoms with Gasteiger partial charge in [-0.1, -0.05) is 0 Å². The molecular weight excluding hydrogens is 255 g/mol. The molecule has 1 aliphatic carbocycles. The van der Waals surface area contributed by atoms with Crippen molar-refractivity contribution in [1.82, 2.24) is 4.90 Å². The Bertz CT molecular complexity index is 516. The number of aliphatic hydroxyl groups excluding tert-OH is 1. The van der Waals surface area contributed by atoms with Gasteiger partial charge in [0.25, 0.3) is 5.91 Å². The first-order chi connectivity index (χ1) is 9.04. The van der Waals surface area contributed by atoms with Crippen LogP contribution in [0.15, 0.2) is 18.2 Å².